The minimum atomic E-state index is -0.0983. The number of carbonyl (C=O) groups is 1. The zero-order valence-electron chi connectivity index (χ0n) is 17.6. The third-order valence-electron chi connectivity index (χ3n) is 5.35. The zero-order chi connectivity index (χ0) is 21.5. The van der Waals surface area contributed by atoms with Gasteiger partial charge < -0.3 is 10.2 Å². The molecule has 1 fully saturated rings. The molecule has 1 unspecified atom stereocenters. The summed E-state index contributed by atoms with van der Waals surface area (Å²) in [6, 6.07) is 7.81. The lowest BCUT2D eigenvalue weighted by Gasteiger charge is -2.35. The molecule has 1 atom stereocenters. The lowest BCUT2D eigenvalue weighted by atomic mass is 9.85. The lowest BCUT2D eigenvalue weighted by Crippen LogP contribution is -2.40. The van der Waals surface area contributed by atoms with Crippen LogP contribution < -0.4 is 10.2 Å². The molecule has 0 bridgehead atoms. The molecule has 3 aromatic rings. The molecule has 1 N–H and O–H groups in total. The number of ketones is 1. The average molecular weight is 423 g/mol. The summed E-state index contributed by atoms with van der Waals surface area (Å²) < 4.78 is 0. The van der Waals surface area contributed by atoms with Crippen molar-refractivity contribution in [1.82, 2.24) is 15.0 Å². The van der Waals surface area contributed by atoms with Crippen LogP contribution in [0.4, 0.5) is 17.2 Å². The number of pyridine rings is 3. The van der Waals surface area contributed by atoms with E-state index in [1.165, 1.54) is 6.92 Å². The molecule has 4 heterocycles. The van der Waals surface area contributed by atoms with Crippen molar-refractivity contribution in [3.8, 4) is 0 Å². The Morgan fingerprint density at radius 2 is 1.97 bits per heavy atom. The number of Topliss-reactive ketones (excluding diaryl/α,β-unsaturated/α-hetero) is 1. The SMILES string of the molecule is CC(=O)c1cnc2ccc(Cl)nc2c1Nc1ccc(N2CC[CH]C2C(C)(C)C)nc1. The fraction of sp³-hybridized carbons (Fsp3) is 0.348. The Bertz CT molecular complexity index is 1090. The number of nitrogens with zero attached hydrogens (tertiary/aromatic N) is 4. The van der Waals surface area contributed by atoms with Gasteiger partial charge in [0.1, 0.15) is 16.5 Å². The van der Waals surface area contributed by atoms with Crippen molar-refractivity contribution >= 4 is 45.6 Å². The molecule has 155 valence electrons. The number of aromatic nitrogens is 3. The van der Waals surface area contributed by atoms with Crippen LogP contribution in [0.25, 0.3) is 11.0 Å². The summed E-state index contributed by atoms with van der Waals surface area (Å²) >= 11 is 6.10. The van der Waals surface area contributed by atoms with Gasteiger partial charge in [-0.25, -0.2) is 9.97 Å². The van der Waals surface area contributed by atoms with E-state index in [1.807, 2.05) is 12.1 Å². The Hall–Kier alpha value is -2.73. The molecule has 30 heavy (non-hydrogen) atoms. The zero-order valence-corrected chi connectivity index (χ0v) is 18.4. The van der Waals surface area contributed by atoms with E-state index in [0.717, 1.165) is 24.5 Å². The van der Waals surface area contributed by atoms with E-state index in [4.69, 9.17) is 11.6 Å². The smallest absolute Gasteiger partial charge is 0.163 e. The fourth-order valence-corrected chi connectivity index (χ4v) is 4.07. The second kappa shape index (κ2) is 7.84. The van der Waals surface area contributed by atoms with Crippen LogP contribution in [-0.2, 0) is 0 Å². The van der Waals surface area contributed by atoms with Crippen molar-refractivity contribution in [1.29, 1.82) is 0 Å². The second-order valence-electron chi connectivity index (χ2n) is 8.66. The van der Waals surface area contributed by atoms with E-state index >= 15 is 0 Å². The van der Waals surface area contributed by atoms with E-state index in [0.29, 0.717) is 33.5 Å². The van der Waals surface area contributed by atoms with Crippen LogP contribution in [0.1, 0.15) is 44.5 Å². The lowest BCUT2D eigenvalue weighted by molar-refractivity contribution is 0.101. The van der Waals surface area contributed by atoms with Gasteiger partial charge in [0.15, 0.2) is 5.78 Å². The van der Waals surface area contributed by atoms with Gasteiger partial charge in [-0.1, -0.05) is 32.4 Å². The monoisotopic (exact) mass is 422 g/mol. The van der Waals surface area contributed by atoms with Crippen molar-refractivity contribution in [2.45, 2.75) is 40.2 Å². The maximum Gasteiger partial charge on any atom is 0.163 e. The Labute approximate surface area is 181 Å². The summed E-state index contributed by atoms with van der Waals surface area (Å²) in [5, 5.41) is 3.66. The van der Waals surface area contributed by atoms with E-state index in [-0.39, 0.29) is 11.2 Å². The molecule has 7 heteroatoms. The average Bonchev–Trinajstić information content (AvgIpc) is 3.19. The van der Waals surface area contributed by atoms with Gasteiger partial charge in [-0.3, -0.25) is 9.78 Å². The first-order chi connectivity index (χ1) is 14.2. The topological polar surface area (TPSA) is 71.0 Å². The van der Waals surface area contributed by atoms with E-state index in [2.05, 4.69) is 52.4 Å². The molecule has 1 radical (unpaired) electrons. The Balaban J connectivity index is 1.67. The first-order valence-corrected chi connectivity index (χ1v) is 10.4. The number of hydrogen-bond acceptors (Lipinski definition) is 6. The Kier molecular flexibility index (Phi) is 5.36. The first kappa shape index (κ1) is 20.5. The van der Waals surface area contributed by atoms with Crippen LogP contribution in [0.15, 0.2) is 36.7 Å². The molecule has 0 amide bonds. The van der Waals surface area contributed by atoms with Crippen LogP contribution >= 0.6 is 11.6 Å². The molecule has 3 aromatic heterocycles. The number of rotatable bonds is 4. The van der Waals surface area contributed by atoms with Gasteiger partial charge in [0.25, 0.3) is 0 Å². The molecule has 4 rings (SSSR count). The Morgan fingerprint density at radius 3 is 2.63 bits per heavy atom. The highest BCUT2D eigenvalue weighted by Crippen LogP contribution is 2.35. The van der Waals surface area contributed by atoms with Gasteiger partial charge in [0.05, 0.1) is 28.7 Å². The second-order valence-corrected chi connectivity index (χ2v) is 9.05. The van der Waals surface area contributed by atoms with Crippen LogP contribution in [0.5, 0.6) is 0 Å². The Morgan fingerprint density at radius 1 is 1.17 bits per heavy atom. The molecule has 1 aliphatic rings. The third kappa shape index (κ3) is 3.97. The minimum Gasteiger partial charge on any atom is -0.353 e. The largest absolute Gasteiger partial charge is 0.353 e. The van der Waals surface area contributed by atoms with Gasteiger partial charge in [-0.15, -0.1) is 0 Å². The summed E-state index contributed by atoms with van der Waals surface area (Å²) in [7, 11) is 0. The molecular weight excluding hydrogens is 398 g/mol. The molecule has 6 nitrogen and oxygen atoms in total. The van der Waals surface area contributed by atoms with Crippen molar-refractivity contribution in [3.63, 3.8) is 0 Å². The van der Waals surface area contributed by atoms with E-state index < -0.39 is 0 Å². The maximum absolute atomic E-state index is 12.2. The summed E-state index contributed by atoms with van der Waals surface area (Å²) in [6.07, 6.45) is 6.78. The number of carbonyl (C=O) groups excluding carboxylic acids is 1. The van der Waals surface area contributed by atoms with Gasteiger partial charge in [-0.2, -0.15) is 0 Å². The number of anilines is 3. The van der Waals surface area contributed by atoms with E-state index in [9.17, 15) is 4.79 Å². The molecule has 0 saturated carbocycles. The number of halogens is 1. The van der Waals surface area contributed by atoms with Crippen molar-refractivity contribution in [3.05, 3.63) is 53.8 Å². The maximum atomic E-state index is 12.2. The molecule has 1 aliphatic heterocycles. The minimum absolute atomic E-state index is 0.0983. The van der Waals surface area contributed by atoms with Crippen molar-refractivity contribution < 1.29 is 4.79 Å². The van der Waals surface area contributed by atoms with Gasteiger partial charge in [0.2, 0.25) is 0 Å². The van der Waals surface area contributed by atoms with E-state index in [1.54, 1.807) is 24.5 Å². The van der Waals surface area contributed by atoms with Crippen LogP contribution in [0.2, 0.25) is 5.15 Å². The summed E-state index contributed by atoms with van der Waals surface area (Å²) in [6.45, 7) is 9.22. The van der Waals surface area contributed by atoms with Crippen molar-refractivity contribution in [2.75, 3.05) is 16.8 Å². The summed E-state index contributed by atoms with van der Waals surface area (Å²) in [4.78, 5) is 27.9. The number of hydrogen-bond donors (Lipinski definition) is 1. The molecular formula is C23H25ClN5O. The third-order valence-corrected chi connectivity index (χ3v) is 5.56. The van der Waals surface area contributed by atoms with Gasteiger partial charge in [-0.05, 0) is 49.4 Å². The standard InChI is InChI=1S/C23H25ClN5O/c1-14(30)16-13-25-17-8-9-19(24)28-22(17)21(16)27-15-7-10-20(26-12-15)29-11-5-6-18(29)23(2,3)4/h6-10,12-13,18H,5,11H2,1-4H3,(H,25,27). The molecule has 0 spiro atoms. The van der Waals surface area contributed by atoms with Crippen LogP contribution in [0.3, 0.4) is 0 Å². The normalized spacial score (nSPS) is 16.8. The molecule has 0 aromatic carbocycles. The molecule has 0 aliphatic carbocycles. The predicted molar refractivity (Wildman–Crippen MR) is 122 cm³/mol. The summed E-state index contributed by atoms with van der Waals surface area (Å²) in [5.41, 5.74) is 3.19. The predicted octanol–water partition coefficient (Wildman–Crippen LogP) is 5.45. The van der Waals surface area contributed by atoms with Gasteiger partial charge in [0, 0.05) is 18.8 Å². The van der Waals surface area contributed by atoms with Crippen LogP contribution in [-0.4, -0.2) is 33.3 Å². The number of nitrogens with one attached hydrogen (secondary N) is 1. The fourth-order valence-electron chi connectivity index (χ4n) is 3.93. The highest BCUT2D eigenvalue weighted by molar-refractivity contribution is 6.30. The molecule has 1 saturated heterocycles. The summed E-state index contributed by atoms with van der Waals surface area (Å²) in [5.74, 6) is 0.848. The quantitative estimate of drug-likeness (QED) is 0.445. The number of fused-ring (bicyclic) bond motifs is 1. The van der Waals surface area contributed by atoms with Gasteiger partial charge >= 0.3 is 0 Å². The van der Waals surface area contributed by atoms with Crippen LogP contribution in [0, 0.1) is 11.8 Å². The van der Waals surface area contributed by atoms with Crippen molar-refractivity contribution in [2.24, 2.45) is 5.41 Å². The highest BCUT2D eigenvalue weighted by Gasteiger charge is 2.35. The first-order valence-electron chi connectivity index (χ1n) is 10.0. The highest BCUT2D eigenvalue weighted by atomic mass is 35.5.